The summed E-state index contributed by atoms with van der Waals surface area (Å²) < 4.78 is 13.0. The number of rotatable bonds is 7. The third-order valence-electron chi connectivity index (χ3n) is 12.4. The molecule has 3 nitrogen and oxygen atoms in total. The second kappa shape index (κ2) is 14.4. The van der Waals surface area contributed by atoms with E-state index in [0.29, 0.717) is 0 Å². The van der Waals surface area contributed by atoms with E-state index in [1.807, 2.05) is 12.1 Å². The van der Waals surface area contributed by atoms with Crippen molar-refractivity contribution >= 4 is 71.6 Å². The molecule has 0 saturated carbocycles. The number of para-hydroxylation sites is 2. The van der Waals surface area contributed by atoms with Gasteiger partial charge in [0.2, 0.25) is 0 Å². The number of allylic oxidation sites excluding steroid dienone is 4. The first-order chi connectivity index (χ1) is 30.2. The van der Waals surface area contributed by atoms with Crippen molar-refractivity contribution in [3.8, 4) is 33.4 Å². The highest BCUT2D eigenvalue weighted by atomic mass is 16.3. The normalized spacial score (nSPS) is 13.0. The number of anilines is 2. The summed E-state index contributed by atoms with van der Waals surface area (Å²) in [5.74, 6) is 0. The standard InChI is InChI=1S/C58H39NO2/c1-2-12-38(13-3-1)42-15-10-16-43(36-42)39-24-30-45(31-25-39)59(46-32-26-41(27-33-46)49-20-11-21-51-50-19-7-9-23-55(50)60-57(49)51)54-22-8-6-17-47(54)44-29-35-56-53(37-44)52-34-28-40-14-4-5-18-48(40)58(52)61-56/h1-7,9-21,23-37H,8,22H2. The van der Waals surface area contributed by atoms with Gasteiger partial charge in [0, 0.05) is 55.1 Å². The van der Waals surface area contributed by atoms with Crippen LogP contribution in [0.2, 0.25) is 0 Å². The van der Waals surface area contributed by atoms with Crippen LogP contribution in [0.25, 0.3) is 93.6 Å². The molecule has 11 aromatic rings. The highest BCUT2D eigenvalue weighted by Gasteiger charge is 2.23. The molecule has 0 amide bonds. The molecular formula is C58H39NO2. The molecular weight excluding hydrogens is 743 g/mol. The largest absolute Gasteiger partial charge is 0.455 e. The van der Waals surface area contributed by atoms with E-state index < -0.39 is 0 Å². The molecule has 0 aliphatic heterocycles. The molecule has 1 aliphatic rings. The Bertz CT molecular complexity index is 3510. The summed E-state index contributed by atoms with van der Waals surface area (Å²) in [6, 6.07) is 71.7. The van der Waals surface area contributed by atoms with Crippen LogP contribution >= 0.6 is 0 Å². The van der Waals surface area contributed by atoms with Gasteiger partial charge in [0.15, 0.2) is 0 Å². The lowest BCUT2D eigenvalue weighted by Gasteiger charge is -2.32. The summed E-state index contributed by atoms with van der Waals surface area (Å²) in [6.45, 7) is 0. The van der Waals surface area contributed by atoms with Crippen molar-refractivity contribution in [2.45, 2.75) is 12.8 Å². The van der Waals surface area contributed by atoms with Crippen LogP contribution in [-0.4, -0.2) is 0 Å². The zero-order valence-electron chi connectivity index (χ0n) is 33.4. The molecule has 0 unspecified atom stereocenters. The Morgan fingerprint density at radius 3 is 1.80 bits per heavy atom. The molecule has 2 aromatic heterocycles. The van der Waals surface area contributed by atoms with Crippen LogP contribution in [0.4, 0.5) is 11.4 Å². The van der Waals surface area contributed by atoms with Crippen molar-refractivity contribution in [2.75, 3.05) is 4.90 Å². The molecule has 0 fully saturated rings. The Morgan fingerprint density at radius 1 is 0.377 bits per heavy atom. The Labute approximate surface area is 353 Å². The molecule has 61 heavy (non-hydrogen) atoms. The van der Waals surface area contributed by atoms with Crippen LogP contribution in [-0.2, 0) is 0 Å². The molecule has 9 aromatic carbocycles. The second-order valence-corrected chi connectivity index (χ2v) is 15.9. The van der Waals surface area contributed by atoms with Crippen LogP contribution in [0.15, 0.2) is 227 Å². The molecule has 0 bridgehead atoms. The third-order valence-corrected chi connectivity index (χ3v) is 12.4. The van der Waals surface area contributed by atoms with Crippen molar-refractivity contribution in [2.24, 2.45) is 0 Å². The summed E-state index contributed by atoms with van der Waals surface area (Å²) in [4.78, 5) is 2.46. The monoisotopic (exact) mass is 781 g/mol. The predicted octanol–water partition coefficient (Wildman–Crippen LogP) is 16.5. The minimum Gasteiger partial charge on any atom is -0.455 e. The number of hydrogen-bond donors (Lipinski definition) is 0. The highest BCUT2D eigenvalue weighted by Crippen LogP contribution is 2.43. The Balaban J connectivity index is 0.991. The topological polar surface area (TPSA) is 29.5 Å². The highest BCUT2D eigenvalue weighted by molar-refractivity contribution is 6.15. The number of nitrogens with zero attached hydrogens (tertiary/aromatic N) is 1. The van der Waals surface area contributed by atoms with Gasteiger partial charge in [0.25, 0.3) is 0 Å². The lowest BCUT2D eigenvalue weighted by molar-refractivity contribution is 0.670. The van der Waals surface area contributed by atoms with Gasteiger partial charge in [-0.25, -0.2) is 0 Å². The van der Waals surface area contributed by atoms with Gasteiger partial charge in [-0.2, -0.15) is 0 Å². The first-order valence-electron chi connectivity index (χ1n) is 21.0. The van der Waals surface area contributed by atoms with Gasteiger partial charge < -0.3 is 13.7 Å². The second-order valence-electron chi connectivity index (χ2n) is 15.9. The van der Waals surface area contributed by atoms with Crippen molar-refractivity contribution in [1.29, 1.82) is 0 Å². The molecule has 0 N–H and O–H groups in total. The SMILES string of the molecule is C1=CC(c2ccc3oc4c5ccccc5ccc4c3c2)=C(N(c2ccc(-c3cccc(-c4ccccc4)c3)cc2)c2ccc(-c3cccc4c3oc3ccccc34)cc2)CC1. The zero-order valence-corrected chi connectivity index (χ0v) is 33.4. The van der Waals surface area contributed by atoms with E-state index >= 15 is 0 Å². The fourth-order valence-corrected chi connectivity index (χ4v) is 9.36. The van der Waals surface area contributed by atoms with Gasteiger partial charge >= 0.3 is 0 Å². The molecule has 0 radical (unpaired) electrons. The maximum absolute atomic E-state index is 6.54. The van der Waals surface area contributed by atoms with E-state index in [0.717, 1.165) is 84.6 Å². The lowest BCUT2D eigenvalue weighted by Crippen LogP contribution is -2.19. The lowest BCUT2D eigenvalue weighted by atomic mass is 9.93. The van der Waals surface area contributed by atoms with E-state index in [4.69, 9.17) is 8.83 Å². The minimum atomic E-state index is 0.890. The fourth-order valence-electron chi connectivity index (χ4n) is 9.36. The van der Waals surface area contributed by atoms with E-state index in [1.54, 1.807) is 0 Å². The average Bonchev–Trinajstić information content (AvgIpc) is 3.91. The number of fused-ring (bicyclic) bond motifs is 8. The number of furan rings is 2. The summed E-state index contributed by atoms with van der Waals surface area (Å²) in [5.41, 5.74) is 16.5. The number of hydrogen-bond acceptors (Lipinski definition) is 3. The van der Waals surface area contributed by atoms with E-state index in [9.17, 15) is 0 Å². The van der Waals surface area contributed by atoms with E-state index in [1.165, 1.54) is 44.5 Å². The summed E-state index contributed by atoms with van der Waals surface area (Å²) >= 11 is 0. The van der Waals surface area contributed by atoms with Gasteiger partial charge in [0.05, 0.1) is 0 Å². The van der Waals surface area contributed by atoms with Crippen LogP contribution in [0.1, 0.15) is 18.4 Å². The summed E-state index contributed by atoms with van der Waals surface area (Å²) in [6.07, 6.45) is 6.46. The molecule has 12 rings (SSSR count). The third kappa shape index (κ3) is 6.05. The van der Waals surface area contributed by atoms with E-state index in [2.05, 4.69) is 205 Å². The molecule has 0 spiro atoms. The Hall–Kier alpha value is -7.88. The smallest absolute Gasteiger partial charge is 0.143 e. The summed E-state index contributed by atoms with van der Waals surface area (Å²) in [5, 5.41) is 6.85. The van der Waals surface area contributed by atoms with Crippen LogP contribution in [0.3, 0.4) is 0 Å². The van der Waals surface area contributed by atoms with Gasteiger partial charge in [-0.15, -0.1) is 0 Å². The van der Waals surface area contributed by atoms with Gasteiger partial charge in [-0.05, 0) is 106 Å². The fraction of sp³-hybridized carbons (Fsp3) is 0.0345. The van der Waals surface area contributed by atoms with Crippen molar-refractivity contribution < 1.29 is 8.83 Å². The molecule has 288 valence electrons. The summed E-state index contributed by atoms with van der Waals surface area (Å²) in [7, 11) is 0. The quantitative estimate of drug-likeness (QED) is 0.161. The zero-order chi connectivity index (χ0) is 40.3. The molecule has 2 heterocycles. The Kier molecular flexibility index (Phi) is 8.31. The van der Waals surface area contributed by atoms with Gasteiger partial charge in [-0.3, -0.25) is 0 Å². The van der Waals surface area contributed by atoms with Crippen LogP contribution in [0, 0.1) is 0 Å². The predicted molar refractivity (Wildman–Crippen MR) is 255 cm³/mol. The molecule has 0 atom stereocenters. The van der Waals surface area contributed by atoms with Gasteiger partial charge in [0.1, 0.15) is 22.3 Å². The average molecular weight is 782 g/mol. The maximum Gasteiger partial charge on any atom is 0.143 e. The molecule has 1 aliphatic carbocycles. The minimum absolute atomic E-state index is 0.890. The molecule has 0 saturated heterocycles. The van der Waals surface area contributed by atoms with Crippen LogP contribution < -0.4 is 4.90 Å². The first kappa shape index (κ1) is 35.1. The molecule has 3 heteroatoms. The number of benzene rings is 9. The van der Waals surface area contributed by atoms with E-state index in [-0.39, 0.29) is 0 Å². The maximum atomic E-state index is 6.54. The Morgan fingerprint density at radius 2 is 0.984 bits per heavy atom. The van der Waals surface area contributed by atoms with Crippen molar-refractivity contribution in [1.82, 2.24) is 0 Å². The van der Waals surface area contributed by atoms with Crippen molar-refractivity contribution in [3.63, 3.8) is 0 Å². The first-order valence-corrected chi connectivity index (χ1v) is 21.0. The van der Waals surface area contributed by atoms with Crippen LogP contribution in [0.5, 0.6) is 0 Å². The van der Waals surface area contributed by atoms with Gasteiger partial charge in [-0.1, -0.05) is 158 Å². The van der Waals surface area contributed by atoms with Crippen molar-refractivity contribution in [3.05, 3.63) is 224 Å².